The predicted molar refractivity (Wildman–Crippen MR) is 94.3 cm³/mol. The number of halogens is 3. The molecule has 2 heterocycles. The third-order valence-electron chi connectivity index (χ3n) is 4.60. The second kappa shape index (κ2) is 8.01. The molecule has 28 heavy (non-hydrogen) atoms. The molecule has 150 valence electrons. The van der Waals surface area contributed by atoms with Crippen LogP contribution < -0.4 is 10.6 Å². The highest BCUT2D eigenvalue weighted by Gasteiger charge is 2.35. The summed E-state index contributed by atoms with van der Waals surface area (Å²) in [6.07, 6.45) is -1.26. The summed E-state index contributed by atoms with van der Waals surface area (Å²) in [5.74, 6) is -0.633. The van der Waals surface area contributed by atoms with E-state index in [-0.39, 0.29) is 11.9 Å². The number of aromatic nitrogens is 2. The Morgan fingerprint density at radius 1 is 1.32 bits per heavy atom. The van der Waals surface area contributed by atoms with Crippen molar-refractivity contribution in [2.24, 2.45) is 7.05 Å². The van der Waals surface area contributed by atoms with Crippen LogP contribution in [-0.4, -0.2) is 52.4 Å². The molecule has 1 unspecified atom stereocenters. The minimum atomic E-state index is -4.65. The highest BCUT2D eigenvalue weighted by molar-refractivity contribution is 5.97. The smallest absolute Gasteiger partial charge is 0.343 e. The van der Waals surface area contributed by atoms with Gasteiger partial charge in [-0.15, -0.1) is 0 Å². The number of aryl methyl sites for hydroxylation is 1. The second-order valence-corrected chi connectivity index (χ2v) is 6.43. The molecule has 1 aromatic heterocycles. The third kappa shape index (κ3) is 4.16. The Kier molecular flexibility index (Phi) is 5.68. The van der Waals surface area contributed by atoms with Crippen molar-refractivity contribution in [2.45, 2.75) is 12.2 Å². The topological polar surface area (TPSA) is 79.3 Å². The fraction of sp³-hybridized carbons (Fsp3) is 0.389. The lowest BCUT2D eigenvalue weighted by Gasteiger charge is -2.35. The summed E-state index contributed by atoms with van der Waals surface area (Å²) in [5.41, 5.74) is -1.54. The number of piperazine rings is 1. The van der Waals surface area contributed by atoms with Crippen molar-refractivity contribution in [1.29, 1.82) is 0 Å². The molecule has 0 bridgehead atoms. The first-order chi connectivity index (χ1) is 13.3. The van der Waals surface area contributed by atoms with Crippen LogP contribution in [0.15, 0.2) is 36.7 Å². The van der Waals surface area contributed by atoms with Crippen LogP contribution in [0.5, 0.6) is 0 Å². The summed E-state index contributed by atoms with van der Waals surface area (Å²) in [6.45, 7) is 1.09. The highest BCUT2D eigenvalue weighted by atomic mass is 19.4. The van der Waals surface area contributed by atoms with Crippen LogP contribution in [0.4, 0.5) is 13.2 Å². The van der Waals surface area contributed by atoms with Gasteiger partial charge in [-0.1, -0.05) is 12.1 Å². The Morgan fingerprint density at radius 2 is 2.07 bits per heavy atom. The average Bonchev–Trinajstić information content (AvgIpc) is 3.11. The highest BCUT2D eigenvalue weighted by Crippen LogP contribution is 2.31. The van der Waals surface area contributed by atoms with Crippen LogP contribution in [-0.2, 0) is 18.0 Å². The monoisotopic (exact) mass is 395 g/mol. The van der Waals surface area contributed by atoms with E-state index in [4.69, 9.17) is 0 Å². The lowest BCUT2D eigenvalue weighted by atomic mass is 10.1. The van der Waals surface area contributed by atoms with Gasteiger partial charge < -0.3 is 20.1 Å². The van der Waals surface area contributed by atoms with E-state index >= 15 is 0 Å². The molecule has 2 amide bonds. The number of nitrogens with one attached hydrogen (secondary N) is 2. The SMILES string of the molecule is Cn1ccnc1C1CNCCN1C(=O)CNC(=O)c1ccccc1C(F)(F)F. The average molecular weight is 395 g/mol. The van der Waals surface area contributed by atoms with Gasteiger partial charge in [0.25, 0.3) is 5.91 Å². The maximum atomic E-state index is 13.1. The molecule has 0 spiro atoms. The molecular formula is C18H20F3N5O2. The molecule has 0 saturated carbocycles. The lowest BCUT2D eigenvalue weighted by molar-refractivity contribution is -0.138. The van der Waals surface area contributed by atoms with Crippen LogP contribution in [0.2, 0.25) is 0 Å². The van der Waals surface area contributed by atoms with E-state index in [2.05, 4.69) is 15.6 Å². The van der Waals surface area contributed by atoms with E-state index < -0.39 is 29.8 Å². The standard InChI is InChI=1S/C18H20F3N5O2/c1-25-8-7-23-16(25)14-10-22-6-9-26(14)15(27)11-24-17(28)12-4-2-3-5-13(12)18(19,20)21/h2-5,7-8,14,22H,6,9-11H2,1H3,(H,24,28). The first kappa shape index (κ1) is 19.9. The lowest BCUT2D eigenvalue weighted by Crippen LogP contribution is -2.52. The summed E-state index contributed by atoms with van der Waals surface area (Å²) >= 11 is 0. The minimum absolute atomic E-state index is 0.319. The van der Waals surface area contributed by atoms with E-state index in [9.17, 15) is 22.8 Å². The number of carbonyl (C=O) groups excluding carboxylic acids is 2. The molecule has 2 aromatic rings. The summed E-state index contributed by atoms with van der Waals surface area (Å²) in [4.78, 5) is 30.8. The van der Waals surface area contributed by atoms with Gasteiger partial charge in [0.05, 0.1) is 17.7 Å². The fourth-order valence-corrected chi connectivity index (χ4v) is 3.21. The Bertz CT molecular complexity index is 865. The van der Waals surface area contributed by atoms with Crippen LogP contribution in [0.25, 0.3) is 0 Å². The normalized spacial score (nSPS) is 17.4. The number of imidazole rings is 1. The van der Waals surface area contributed by atoms with Crippen molar-refractivity contribution >= 4 is 11.8 Å². The van der Waals surface area contributed by atoms with Gasteiger partial charge in [-0.05, 0) is 12.1 Å². The quantitative estimate of drug-likeness (QED) is 0.819. The van der Waals surface area contributed by atoms with Gasteiger partial charge in [-0.25, -0.2) is 4.98 Å². The van der Waals surface area contributed by atoms with Crippen molar-refractivity contribution in [3.63, 3.8) is 0 Å². The zero-order valence-corrected chi connectivity index (χ0v) is 15.2. The number of hydrogen-bond acceptors (Lipinski definition) is 4. The summed E-state index contributed by atoms with van der Waals surface area (Å²) in [6, 6.07) is 4.16. The Balaban J connectivity index is 1.70. The summed E-state index contributed by atoms with van der Waals surface area (Å²) < 4.78 is 41.0. The molecule has 7 nitrogen and oxygen atoms in total. The Labute approximate surface area is 159 Å². The van der Waals surface area contributed by atoms with Crippen LogP contribution in [0, 0.1) is 0 Å². The molecular weight excluding hydrogens is 375 g/mol. The number of rotatable bonds is 4. The number of benzene rings is 1. The number of hydrogen-bond donors (Lipinski definition) is 2. The summed E-state index contributed by atoms with van der Waals surface area (Å²) in [5, 5.41) is 5.50. The van der Waals surface area contributed by atoms with Crippen molar-refractivity contribution in [1.82, 2.24) is 25.1 Å². The number of amides is 2. The van der Waals surface area contributed by atoms with E-state index in [1.54, 1.807) is 21.9 Å². The van der Waals surface area contributed by atoms with Crippen molar-refractivity contribution in [3.8, 4) is 0 Å². The van der Waals surface area contributed by atoms with Crippen molar-refractivity contribution in [3.05, 3.63) is 53.6 Å². The Morgan fingerprint density at radius 3 is 2.75 bits per heavy atom. The van der Waals surface area contributed by atoms with E-state index in [1.165, 1.54) is 12.1 Å². The van der Waals surface area contributed by atoms with Gasteiger partial charge in [0, 0.05) is 39.1 Å². The number of alkyl halides is 3. The number of nitrogens with zero attached hydrogens (tertiary/aromatic N) is 3. The molecule has 1 aromatic carbocycles. The largest absolute Gasteiger partial charge is 0.417 e. The van der Waals surface area contributed by atoms with Crippen LogP contribution >= 0.6 is 0 Å². The van der Waals surface area contributed by atoms with Gasteiger partial charge in [-0.2, -0.15) is 13.2 Å². The fourth-order valence-electron chi connectivity index (χ4n) is 3.21. The summed E-state index contributed by atoms with van der Waals surface area (Å²) in [7, 11) is 1.81. The molecule has 3 rings (SSSR count). The minimum Gasteiger partial charge on any atom is -0.343 e. The van der Waals surface area contributed by atoms with E-state index in [1.807, 2.05) is 7.05 Å². The van der Waals surface area contributed by atoms with Crippen LogP contribution in [0.3, 0.4) is 0 Å². The first-order valence-electron chi connectivity index (χ1n) is 8.71. The molecule has 1 saturated heterocycles. The van der Waals surface area contributed by atoms with Crippen LogP contribution in [0.1, 0.15) is 27.8 Å². The molecule has 1 fully saturated rings. The van der Waals surface area contributed by atoms with Gasteiger partial charge >= 0.3 is 6.18 Å². The van der Waals surface area contributed by atoms with Gasteiger partial charge in [0.2, 0.25) is 5.91 Å². The zero-order chi connectivity index (χ0) is 20.3. The zero-order valence-electron chi connectivity index (χ0n) is 15.2. The molecule has 10 heteroatoms. The van der Waals surface area contributed by atoms with Gasteiger partial charge in [-0.3, -0.25) is 9.59 Å². The van der Waals surface area contributed by atoms with E-state index in [0.29, 0.717) is 25.5 Å². The first-order valence-corrected chi connectivity index (χ1v) is 8.71. The van der Waals surface area contributed by atoms with Gasteiger partial charge in [0.1, 0.15) is 11.9 Å². The Hall–Kier alpha value is -2.88. The van der Waals surface area contributed by atoms with Crippen molar-refractivity contribution < 1.29 is 22.8 Å². The third-order valence-corrected chi connectivity index (χ3v) is 4.60. The van der Waals surface area contributed by atoms with E-state index in [0.717, 1.165) is 12.1 Å². The molecule has 1 aliphatic rings. The maximum Gasteiger partial charge on any atom is 0.417 e. The molecule has 0 aliphatic carbocycles. The van der Waals surface area contributed by atoms with Crippen molar-refractivity contribution in [2.75, 3.05) is 26.2 Å². The maximum absolute atomic E-state index is 13.1. The molecule has 1 atom stereocenters. The molecule has 2 N–H and O–H groups in total. The predicted octanol–water partition coefficient (Wildman–Crippen LogP) is 1.34. The molecule has 0 radical (unpaired) electrons. The number of carbonyl (C=O) groups is 2. The molecule has 1 aliphatic heterocycles. The van der Waals surface area contributed by atoms with Gasteiger partial charge in [0.15, 0.2) is 0 Å². The second-order valence-electron chi connectivity index (χ2n) is 6.43.